The average molecular weight is 252 g/mol. The maximum absolute atomic E-state index is 11.5. The zero-order valence-corrected chi connectivity index (χ0v) is 11.2. The summed E-state index contributed by atoms with van der Waals surface area (Å²) in [5.41, 5.74) is 1.11. The molecule has 0 spiro atoms. The van der Waals surface area contributed by atoms with Crippen molar-refractivity contribution in [2.45, 2.75) is 25.1 Å². The summed E-state index contributed by atoms with van der Waals surface area (Å²) in [7, 11) is 0. The molecule has 0 heterocycles. The number of urea groups is 1. The smallest absolute Gasteiger partial charge is 0.315 e. The Labute approximate surface area is 107 Å². The van der Waals surface area contributed by atoms with Crippen molar-refractivity contribution in [3.63, 3.8) is 0 Å². The maximum atomic E-state index is 11.5. The summed E-state index contributed by atoms with van der Waals surface area (Å²) in [6.07, 6.45) is 3.08. The minimum atomic E-state index is -0.0952. The van der Waals surface area contributed by atoms with Crippen molar-refractivity contribution in [1.29, 1.82) is 0 Å². The van der Waals surface area contributed by atoms with Crippen LogP contribution in [0.5, 0.6) is 0 Å². The van der Waals surface area contributed by atoms with Crippen LogP contribution in [0.15, 0.2) is 30.3 Å². The van der Waals surface area contributed by atoms with Gasteiger partial charge in [0.15, 0.2) is 0 Å². The van der Waals surface area contributed by atoms with Crippen LogP contribution in [0.3, 0.4) is 0 Å². The molecule has 0 aliphatic heterocycles. The Kier molecular flexibility index (Phi) is 6.55. The van der Waals surface area contributed by atoms with Gasteiger partial charge in [-0.3, -0.25) is 0 Å². The molecule has 0 bridgehead atoms. The highest BCUT2D eigenvalue weighted by Gasteiger charge is 2.02. The highest BCUT2D eigenvalue weighted by Crippen LogP contribution is 2.07. The van der Waals surface area contributed by atoms with Crippen LogP contribution in [0, 0.1) is 0 Å². The quantitative estimate of drug-likeness (QED) is 0.817. The summed E-state index contributed by atoms with van der Waals surface area (Å²) >= 11 is 1.81. The van der Waals surface area contributed by atoms with E-state index in [0.29, 0.717) is 11.8 Å². The lowest BCUT2D eigenvalue weighted by molar-refractivity contribution is 0.240. The fraction of sp³-hybridized carbons (Fsp3) is 0.462. The van der Waals surface area contributed by atoms with Gasteiger partial charge in [0.05, 0.1) is 0 Å². The monoisotopic (exact) mass is 252 g/mol. The van der Waals surface area contributed by atoms with Gasteiger partial charge in [-0.25, -0.2) is 4.79 Å². The molecule has 2 amide bonds. The van der Waals surface area contributed by atoms with E-state index in [-0.39, 0.29) is 6.03 Å². The average Bonchev–Trinajstić information content (AvgIpc) is 2.37. The molecule has 94 valence electrons. The van der Waals surface area contributed by atoms with Crippen LogP contribution in [0.2, 0.25) is 0 Å². The molecule has 1 atom stereocenters. The van der Waals surface area contributed by atoms with Crippen LogP contribution < -0.4 is 10.6 Å². The number of rotatable bonds is 6. The lowest BCUT2D eigenvalue weighted by Gasteiger charge is -2.10. The van der Waals surface area contributed by atoms with Crippen molar-refractivity contribution in [3.05, 3.63) is 35.9 Å². The Bertz CT molecular complexity index is 329. The summed E-state index contributed by atoms with van der Waals surface area (Å²) < 4.78 is 0. The first-order chi connectivity index (χ1) is 8.22. The second-order valence-electron chi connectivity index (χ2n) is 3.93. The van der Waals surface area contributed by atoms with Gasteiger partial charge < -0.3 is 10.6 Å². The molecule has 0 aliphatic carbocycles. The fourth-order valence-corrected chi connectivity index (χ4v) is 1.70. The van der Waals surface area contributed by atoms with Gasteiger partial charge in [-0.2, -0.15) is 11.8 Å². The summed E-state index contributed by atoms with van der Waals surface area (Å²) in [5.74, 6) is 0. The topological polar surface area (TPSA) is 41.1 Å². The highest BCUT2D eigenvalue weighted by atomic mass is 32.2. The second kappa shape index (κ2) is 8.01. The third-order valence-electron chi connectivity index (χ3n) is 2.53. The van der Waals surface area contributed by atoms with Gasteiger partial charge in [-0.15, -0.1) is 0 Å². The molecule has 1 rings (SSSR count). The van der Waals surface area contributed by atoms with Gasteiger partial charge in [0.1, 0.15) is 0 Å². The largest absolute Gasteiger partial charge is 0.338 e. The van der Waals surface area contributed by atoms with Crippen molar-refractivity contribution < 1.29 is 4.79 Å². The first-order valence-corrected chi connectivity index (χ1v) is 7.09. The zero-order valence-electron chi connectivity index (χ0n) is 10.4. The predicted octanol–water partition coefficient (Wildman–Crippen LogP) is 2.63. The van der Waals surface area contributed by atoms with E-state index in [1.165, 1.54) is 0 Å². The molecular weight excluding hydrogens is 232 g/mol. The third kappa shape index (κ3) is 6.22. The Morgan fingerprint density at radius 3 is 2.65 bits per heavy atom. The molecule has 0 fully saturated rings. The molecule has 1 unspecified atom stereocenters. The predicted molar refractivity (Wildman–Crippen MR) is 74.3 cm³/mol. The van der Waals surface area contributed by atoms with Gasteiger partial charge >= 0.3 is 6.03 Å². The van der Waals surface area contributed by atoms with E-state index in [0.717, 1.165) is 18.5 Å². The third-order valence-corrected chi connectivity index (χ3v) is 3.58. The molecule has 2 N–H and O–H groups in total. The lowest BCUT2D eigenvalue weighted by Crippen LogP contribution is -2.36. The Balaban J connectivity index is 2.13. The van der Waals surface area contributed by atoms with E-state index in [1.807, 2.05) is 42.1 Å². The molecule has 3 nitrogen and oxygen atoms in total. The fourth-order valence-electron chi connectivity index (χ4n) is 1.35. The number of benzene rings is 1. The van der Waals surface area contributed by atoms with Crippen LogP contribution in [-0.4, -0.2) is 24.1 Å². The highest BCUT2D eigenvalue weighted by molar-refractivity contribution is 7.99. The molecule has 1 aromatic carbocycles. The first-order valence-electron chi connectivity index (χ1n) is 5.81. The number of carbonyl (C=O) groups is 1. The van der Waals surface area contributed by atoms with Crippen molar-refractivity contribution in [2.24, 2.45) is 0 Å². The van der Waals surface area contributed by atoms with Crippen LogP contribution in [-0.2, 0) is 6.54 Å². The van der Waals surface area contributed by atoms with Gasteiger partial charge in [0.25, 0.3) is 0 Å². The molecule has 0 radical (unpaired) electrons. The van der Waals surface area contributed by atoms with Crippen molar-refractivity contribution in [3.8, 4) is 0 Å². The summed E-state index contributed by atoms with van der Waals surface area (Å²) in [4.78, 5) is 11.5. The first kappa shape index (κ1) is 13.9. The normalized spacial score (nSPS) is 11.9. The molecule has 0 aromatic heterocycles. The molecule has 4 heteroatoms. The van der Waals surface area contributed by atoms with Crippen molar-refractivity contribution in [2.75, 3.05) is 12.8 Å². The summed E-state index contributed by atoms with van der Waals surface area (Å²) in [5, 5.41) is 6.28. The Morgan fingerprint density at radius 1 is 1.29 bits per heavy atom. The number of carbonyl (C=O) groups excluding carboxylic acids is 1. The minimum Gasteiger partial charge on any atom is -0.338 e. The van der Waals surface area contributed by atoms with Gasteiger partial charge in [-0.1, -0.05) is 37.3 Å². The number of nitrogens with one attached hydrogen (secondary N) is 2. The van der Waals surface area contributed by atoms with E-state index in [9.17, 15) is 4.79 Å². The molecular formula is C13H20N2OS. The molecule has 0 aliphatic rings. The van der Waals surface area contributed by atoms with Crippen molar-refractivity contribution >= 4 is 17.8 Å². The second-order valence-corrected chi connectivity index (χ2v) is 5.21. The lowest BCUT2D eigenvalue weighted by atomic mass is 10.2. The molecule has 0 saturated heterocycles. The van der Waals surface area contributed by atoms with E-state index < -0.39 is 0 Å². The van der Waals surface area contributed by atoms with E-state index >= 15 is 0 Å². The van der Waals surface area contributed by atoms with Crippen LogP contribution in [0.25, 0.3) is 0 Å². The van der Waals surface area contributed by atoms with Crippen LogP contribution in [0.4, 0.5) is 4.79 Å². The van der Waals surface area contributed by atoms with Gasteiger partial charge in [-0.05, 0) is 18.2 Å². The maximum Gasteiger partial charge on any atom is 0.315 e. The molecule has 17 heavy (non-hydrogen) atoms. The number of hydrogen-bond donors (Lipinski definition) is 2. The number of thioether (sulfide) groups is 1. The molecule has 1 aromatic rings. The minimum absolute atomic E-state index is 0.0952. The van der Waals surface area contributed by atoms with Crippen LogP contribution >= 0.6 is 11.8 Å². The number of hydrogen-bond acceptors (Lipinski definition) is 2. The molecule has 0 saturated carbocycles. The van der Waals surface area contributed by atoms with Crippen molar-refractivity contribution in [1.82, 2.24) is 10.6 Å². The Morgan fingerprint density at radius 2 is 2.00 bits per heavy atom. The van der Waals surface area contributed by atoms with Gasteiger partial charge in [0.2, 0.25) is 0 Å². The van der Waals surface area contributed by atoms with E-state index in [2.05, 4.69) is 23.8 Å². The zero-order chi connectivity index (χ0) is 12.5. The van der Waals surface area contributed by atoms with E-state index in [4.69, 9.17) is 0 Å². The summed E-state index contributed by atoms with van der Waals surface area (Å²) in [6.45, 7) is 3.46. The van der Waals surface area contributed by atoms with Crippen LogP contribution in [0.1, 0.15) is 18.9 Å². The standard InChI is InChI=1S/C13H20N2OS/c1-11(17-2)8-9-14-13(16)15-10-12-6-4-3-5-7-12/h3-7,11H,8-10H2,1-2H3,(H2,14,15,16). The van der Waals surface area contributed by atoms with E-state index in [1.54, 1.807) is 0 Å². The Hall–Kier alpha value is -1.16. The number of amides is 2. The van der Waals surface area contributed by atoms with Gasteiger partial charge in [0, 0.05) is 18.3 Å². The summed E-state index contributed by atoms with van der Waals surface area (Å²) in [6, 6.07) is 9.80. The SMILES string of the molecule is CSC(C)CCNC(=O)NCc1ccccc1.